The number of amides is 2. The van der Waals surface area contributed by atoms with Crippen molar-refractivity contribution < 1.29 is 13.2 Å². The number of urea groups is 1. The predicted octanol–water partition coefficient (Wildman–Crippen LogP) is 0.203. The van der Waals surface area contributed by atoms with Crippen LogP contribution in [0.3, 0.4) is 0 Å². The van der Waals surface area contributed by atoms with E-state index in [1.54, 1.807) is 0 Å². The Morgan fingerprint density at radius 2 is 1.94 bits per heavy atom. The number of hydrogen-bond acceptors (Lipinski definition) is 3. The van der Waals surface area contributed by atoms with Gasteiger partial charge in [0.15, 0.2) is 0 Å². The first-order chi connectivity index (χ1) is 7.97. The van der Waals surface area contributed by atoms with E-state index in [1.165, 1.54) is 9.21 Å². The SMILES string of the molecule is CCCCS(=O)(=O)N1CCCN(C(N)=O)CC1. The van der Waals surface area contributed by atoms with Gasteiger partial charge in [0.05, 0.1) is 5.75 Å². The van der Waals surface area contributed by atoms with Gasteiger partial charge in [0.1, 0.15) is 0 Å². The van der Waals surface area contributed by atoms with Gasteiger partial charge in [-0.05, 0) is 12.8 Å². The summed E-state index contributed by atoms with van der Waals surface area (Å²) in [6.07, 6.45) is 2.19. The first-order valence-electron chi connectivity index (χ1n) is 5.99. The molecule has 0 aromatic rings. The number of hydrogen-bond donors (Lipinski definition) is 1. The maximum Gasteiger partial charge on any atom is 0.314 e. The monoisotopic (exact) mass is 263 g/mol. The Balaban J connectivity index is 2.59. The molecule has 1 aliphatic rings. The number of nitrogens with two attached hydrogens (primary N) is 1. The highest BCUT2D eigenvalue weighted by atomic mass is 32.2. The van der Waals surface area contributed by atoms with Gasteiger partial charge in [-0.3, -0.25) is 0 Å². The molecule has 0 radical (unpaired) electrons. The van der Waals surface area contributed by atoms with E-state index in [0.29, 0.717) is 39.0 Å². The summed E-state index contributed by atoms with van der Waals surface area (Å²) < 4.78 is 25.4. The molecule has 1 rings (SSSR count). The summed E-state index contributed by atoms with van der Waals surface area (Å²) in [5, 5.41) is 0. The molecule has 1 fully saturated rings. The summed E-state index contributed by atoms with van der Waals surface area (Å²) in [5.74, 6) is 0.195. The minimum atomic E-state index is -3.16. The Bertz CT molecular complexity index is 356. The van der Waals surface area contributed by atoms with Gasteiger partial charge in [-0.1, -0.05) is 13.3 Å². The molecule has 1 aliphatic heterocycles. The van der Waals surface area contributed by atoms with Crippen LogP contribution in [0.25, 0.3) is 0 Å². The van der Waals surface area contributed by atoms with Crippen LogP contribution in [-0.2, 0) is 10.0 Å². The minimum Gasteiger partial charge on any atom is -0.351 e. The van der Waals surface area contributed by atoms with Gasteiger partial charge < -0.3 is 10.6 Å². The van der Waals surface area contributed by atoms with Crippen molar-refractivity contribution in [3.8, 4) is 0 Å². The van der Waals surface area contributed by atoms with Crippen molar-refractivity contribution in [1.82, 2.24) is 9.21 Å². The average Bonchev–Trinajstić information content (AvgIpc) is 2.52. The third-order valence-corrected chi connectivity index (χ3v) is 4.87. The van der Waals surface area contributed by atoms with E-state index < -0.39 is 16.1 Å². The molecule has 17 heavy (non-hydrogen) atoms. The molecule has 1 saturated heterocycles. The van der Waals surface area contributed by atoms with Crippen molar-refractivity contribution in [3.05, 3.63) is 0 Å². The lowest BCUT2D eigenvalue weighted by Crippen LogP contribution is -2.40. The van der Waals surface area contributed by atoms with Crippen LogP contribution in [0.4, 0.5) is 4.79 Å². The summed E-state index contributed by atoms with van der Waals surface area (Å²) in [6.45, 7) is 3.73. The molecule has 2 amide bonds. The molecule has 0 bridgehead atoms. The van der Waals surface area contributed by atoms with Gasteiger partial charge in [0, 0.05) is 26.2 Å². The van der Waals surface area contributed by atoms with Crippen LogP contribution in [-0.4, -0.2) is 55.6 Å². The molecule has 0 aliphatic carbocycles. The standard InChI is InChI=1S/C10H21N3O3S/c1-2-3-9-17(15,16)13-6-4-5-12(7-8-13)10(11)14/h2-9H2,1H3,(H2,11,14). The van der Waals surface area contributed by atoms with Crippen molar-refractivity contribution in [3.63, 3.8) is 0 Å². The number of carbonyl (C=O) groups is 1. The fourth-order valence-corrected chi connectivity index (χ4v) is 3.53. The van der Waals surface area contributed by atoms with Crippen LogP contribution in [0.15, 0.2) is 0 Å². The molecule has 7 heteroatoms. The summed E-state index contributed by atoms with van der Waals surface area (Å²) in [6, 6.07) is -0.474. The smallest absolute Gasteiger partial charge is 0.314 e. The van der Waals surface area contributed by atoms with Crippen molar-refractivity contribution in [2.24, 2.45) is 5.73 Å². The zero-order valence-electron chi connectivity index (χ0n) is 10.3. The molecule has 2 N–H and O–H groups in total. The largest absolute Gasteiger partial charge is 0.351 e. The molecule has 0 aromatic carbocycles. The van der Waals surface area contributed by atoms with E-state index in [1.807, 2.05) is 6.92 Å². The van der Waals surface area contributed by atoms with Gasteiger partial charge in [-0.15, -0.1) is 0 Å². The van der Waals surface area contributed by atoms with Gasteiger partial charge in [0.2, 0.25) is 10.0 Å². The molecule has 100 valence electrons. The first kappa shape index (κ1) is 14.2. The molecule has 0 atom stereocenters. The Morgan fingerprint density at radius 1 is 1.24 bits per heavy atom. The van der Waals surface area contributed by atoms with E-state index in [2.05, 4.69) is 0 Å². The molecule has 0 aromatic heterocycles. The lowest BCUT2D eigenvalue weighted by molar-refractivity contribution is 0.210. The fourth-order valence-electron chi connectivity index (χ4n) is 1.85. The second kappa shape index (κ2) is 6.20. The minimum absolute atomic E-state index is 0.195. The van der Waals surface area contributed by atoms with Crippen molar-refractivity contribution >= 4 is 16.1 Å². The molecule has 0 unspecified atom stereocenters. The highest BCUT2D eigenvalue weighted by Crippen LogP contribution is 2.10. The second-order valence-electron chi connectivity index (χ2n) is 4.25. The number of sulfonamides is 1. The van der Waals surface area contributed by atoms with Crippen LogP contribution in [0.5, 0.6) is 0 Å². The van der Waals surface area contributed by atoms with Crippen LogP contribution in [0.2, 0.25) is 0 Å². The van der Waals surface area contributed by atoms with Gasteiger partial charge in [-0.2, -0.15) is 0 Å². The first-order valence-corrected chi connectivity index (χ1v) is 7.60. The van der Waals surface area contributed by atoms with E-state index in [-0.39, 0.29) is 5.75 Å². The van der Waals surface area contributed by atoms with Crippen LogP contribution < -0.4 is 5.73 Å². The zero-order chi connectivity index (χ0) is 12.9. The summed E-state index contributed by atoms with van der Waals surface area (Å²) >= 11 is 0. The molecular weight excluding hydrogens is 242 g/mol. The van der Waals surface area contributed by atoms with Crippen molar-refractivity contribution in [2.75, 3.05) is 31.9 Å². The van der Waals surface area contributed by atoms with Crippen LogP contribution in [0.1, 0.15) is 26.2 Å². The van der Waals surface area contributed by atoms with E-state index in [4.69, 9.17) is 5.73 Å². The van der Waals surface area contributed by atoms with E-state index in [9.17, 15) is 13.2 Å². The Kier molecular flexibility index (Phi) is 5.20. The number of primary amides is 1. The number of nitrogens with zero attached hydrogens (tertiary/aromatic N) is 2. The van der Waals surface area contributed by atoms with Gasteiger partial charge >= 0.3 is 6.03 Å². The van der Waals surface area contributed by atoms with Crippen LogP contribution in [0, 0.1) is 0 Å². The molecule has 0 saturated carbocycles. The fraction of sp³-hybridized carbons (Fsp3) is 0.900. The van der Waals surface area contributed by atoms with Crippen molar-refractivity contribution in [1.29, 1.82) is 0 Å². The highest BCUT2D eigenvalue weighted by molar-refractivity contribution is 7.89. The summed E-state index contributed by atoms with van der Waals surface area (Å²) in [7, 11) is -3.16. The number of carbonyl (C=O) groups excluding carboxylic acids is 1. The second-order valence-corrected chi connectivity index (χ2v) is 6.34. The lowest BCUT2D eigenvalue weighted by Gasteiger charge is -2.20. The molecule has 6 nitrogen and oxygen atoms in total. The normalized spacial score (nSPS) is 19.0. The maximum atomic E-state index is 12.0. The third-order valence-electron chi connectivity index (χ3n) is 2.92. The zero-order valence-corrected chi connectivity index (χ0v) is 11.1. The average molecular weight is 263 g/mol. The summed E-state index contributed by atoms with van der Waals surface area (Å²) in [4.78, 5) is 12.5. The third kappa shape index (κ3) is 4.16. The molecular formula is C10H21N3O3S. The predicted molar refractivity (Wildman–Crippen MR) is 66.0 cm³/mol. The van der Waals surface area contributed by atoms with Gasteiger partial charge in [0.25, 0.3) is 0 Å². The lowest BCUT2D eigenvalue weighted by atomic mass is 10.4. The number of unbranched alkanes of at least 4 members (excludes halogenated alkanes) is 1. The Labute approximate surface area is 103 Å². The quantitative estimate of drug-likeness (QED) is 0.786. The van der Waals surface area contributed by atoms with E-state index >= 15 is 0 Å². The molecule has 1 heterocycles. The van der Waals surface area contributed by atoms with Crippen molar-refractivity contribution in [2.45, 2.75) is 26.2 Å². The van der Waals surface area contributed by atoms with Gasteiger partial charge in [-0.25, -0.2) is 17.5 Å². The topological polar surface area (TPSA) is 83.7 Å². The maximum absolute atomic E-state index is 12.0. The molecule has 0 spiro atoms. The Morgan fingerprint density at radius 3 is 2.53 bits per heavy atom. The van der Waals surface area contributed by atoms with E-state index in [0.717, 1.165) is 6.42 Å². The highest BCUT2D eigenvalue weighted by Gasteiger charge is 2.25. The Hall–Kier alpha value is -0.820. The van der Waals surface area contributed by atoms with Crippen LogP contribution >= 0.6 is 0 Å². The summed E-state index contributed by atoms with van der Waals surface area (Å²) in [5.41, 5.74) is 5.19. The number of rotatable bonds is 4.